The number of hydrogen-bond acceptors (Lipinski definition) is 5. The molecule has 3 rings (SSSR count). The first kappa shape index (κ1) is 19.0. The Hall–Kier alpha value is -2.80. The fourth-order valence-electron chi connectivity index (χ4n) is 2.92. The Bertz CT molecular complexity index is 870. The molecule has 0 bridgehead atoms. The minimum atomic E-state index is -0.509. The molecule has 0 saturated heterocycles. The van der Waals surface area contributed by atoms with Crippen LogP contribution in [-0.4, -0.2) is 43.7 Å². The smallest absolute Gasteiger partial charge is 0.325 e. The van der Waals surface area contributed by atoms with Gasteiger partial charge in [0.05, 0.1) is 18.0 Å². The number of ether oxygens (including phenoxy) is 1. The lowest BCUT2D eigenvalue weighted by molar-refractivity contribution is -0.140. The fourth-order valence-corrected chi connectivity index (χ4v) is 4.17. The highest BCUT2D eigenvalue weighted by molar-refractivity contribution is 8.01. The summed E-state index contributed by atoms with van der Waals surface area (Å²) in [5.41, 5.74) is 2.04. The number of hydrogen-bond donors (Lipinski definition) is 1. The molecule has 6 nitrogen and oxygen atoms in total. The molecule has 1 atom stereocenters. The van der Waals surface area contributed by atoms with Crippen molar-refractivity contribution in [1.29, 1.82) is 0 Å². The number of fused-ring (bicyclic) bond motifs is 1. The number of esters is 1. The quantitative estimate of drug-likeness (QED) is 0.801. The topological polar surface area (TPSA) is 75.7 Å². The van der Waals surface area contributed by atoms with Crippen molar-refractivity contribution in [2.75, 3.05) is 25.6 Å². The number of nitrogens with one attached hydrogen (secondary N) is 1. The average molecular weight is 384 g/mol. The van der Waals surface area contributed by atoms with Crippen LogP contribution in [0.1, 0.15) is 15.9 Å². The number of rotatable bonds is 5. The van der Waals surface area contributed by atoms with Crippen LogP contribution in [0.15, 0.2) is 53.4 Å². The fraction of sp³-hybridized carbons (Fsp3) is 0.250. The predicted octanol–water partition coefficient (Wildman–Crippen LogP) is 2.27. The lowest BCUT2D eigenvalue weighted by atomic mass is 10.1. The molecular weight excluding hydrogens is 364 g/mol. The van der Waals surface area contributed by atoms with E-state index in [4.69, 9.17) is 4.74 Å². The van der Waals surface area contributed by atoms with Gasteiger partial charge in [-0.25, -0.2) is 0 Å². The van der Waals surface area contributed by atoms with E-state index in [1.54, 1.807) is 19.2 Å². The Morgan fingerprint density at radius 1 is 1.19 bits per heavy atom. The van der Waals surface area contributed by atoms with Crippen LogP contribution >= 0.6 is 11.8 Å². The van der Waals surface area contributed by atoms with Crippen LogP contribution in [0, 0.1) is 0 Å². The van der Waals surface area contributed by atoms with E-state index in [1.807, 2.05) is 36.4 Å². The van der Waals surface area contributed by atoms with E-state index in [-0.39, 0.29) is 23.6 Å². The molecule has 0 fully saturated rings. The first-order valence-corrected chi connectivity index (χ1v) is 9.36. The summed E-state index contributed by atoms with van der Waals surface area (Å²) >= 11 is 1.45. The lowest BCUT2D eigenvalue weighted by Gasteiger charge is -2.33. The Balaban J connectivity index is 1.96. The largest absolute Gasteiger partial charge is 0.468 e. The van der Waals surface area contributed by atoms with Crippen molar-refractivity contribution in [3.63, 3.8) is 0 Å². The van der Waals surface area contributed by atoms with Gasteiger partial charge in [0.15, 0.2) is 0 Å². The van der Waals surface area contributed by atoms with Gasteiger partial charge in [-0.1, -0.05) is 30.3 Å². The number of amides is 2. The van der Waals surface area contributed by atoms with E-state index >= 15 is 0 Å². The molecule has 2 aromatic rings. The first-order chi connectivity index (χ1) is 13.0. The summed E-state index contributed by atoms with van der Waals surface area (Å²) in [7, 11) is 2.83. The third kappa shape index (κ3) is 4.14. The molecule has 1 aliphatic rings. The molecule has 2 amide bonds. The molecule has 1 heterocycles. The summed E-state index contributed by atoms with van der Waals surface area (Å²) in [6.07, 6.45) is 0.554. The lowest BCUT2D eigenvalue weighted by Crippen LogP contribution is -2.45. The summed E-state index contributed by atoms with van der Waals surface area (Å²) in [5.74, 6) is -0.930. The monoisotopic (exact) mass is 384 g/mol. The molecular formula is C20H20N2O4S. The van der Waals surface area contributed by atoms with E-state index in [2.05, 4.69) is 5.32 Å². The van der Waals surface area contributed by atoms with Crippen LogP contribution in [0.5, 0.6) is 0 Å². The molecule has 0 spiro atoms. The highest BCUT2D eigenvalue weighted by Gasteiger charge is 2.35. The van der Waals surface area contributed by atoms with Crippen molar-refractivity contribution in [3.8, 4) is 0 Å². The molecule has 7 heteroatoms. The Morgan fingerprint density at radius 3 is 2.59 bits per heavy atom. The van der Waals surface area contributed by atoms with Crippen LogP contribution < -0.4 is 10.2 Å². The van der Waals surface area contributed by atoms with Crippen molar-refractivity contribution >= 4 is 35.2 Å². The second kappa shape index (κ2) is 8.26. The molecule has 140 valence electrons. The van der Waals surface area contributed by atoms with Crippen molar-refractivity contribution in [3.05, 3.63) is 59.7 Å². The van der Waals surface area contributed by atoms with Gasteiger partial charge in [0.25, 0.3) is 5.91 Å². The van der Waals surface area contributed by atoms with E-state index < -0.39 is 5.97 Å². The second-order valence-electron chi connectivity index (χ2n) is 6.06. The highest BCUT2D eigenvalue weighted by atomic mass is 32.2. The molecule has 0 aliphatic carbocycles. The zero-order valence-electron chi connectivity index (χ0n) is 15.1. The summed E-state index contributed by atoms with van der Waals surface area (Å²) in [4.78, 5) is 39.2. The van der Waals surface area contributed by atoms with Gasteiger partial charge in [0, 0.05) is 17.5 Å². The van der Waals surface area contributed by atoms with Crippen LogP contribution in [0.3, 0.4) is 0 Å². The first-order valence-electron chi connectivity index (χ1n) is 8.48. The van der Waals surface area contributed by atoms with Gasteiger partial charge in [-0.2, -0.15) is 0 Å². The minimum Gasteiger partial charge on any atom is -0.468 e. The molecule has 0 saturated carbocycles. The van der Waals surface area contributed by atoms with Gasteiger partial charge >= 0.3 is 5.97 Å². The van der Waals surface area contributed by atoms with E-state index in [1.165, 1.54) is 23.8 Å². The maximum absolute atomic E-state index is 13.1. The third-order valence-corrected chi connectivity index (χ3v) is 5.58. The van der Waals surface area contributed by atoms with Crippen LogP contribution in [-0.2, 0) is 20.7 Å². The number of carbonyl (C=O) groups excluding carboxylic acids is 3. The molecule has 27 heavy (non-hydrogen) atoms. The Labute approximate surface area is 161 Å². The molecule has 1 N–H and O–H groups in total. The third-order valence-electron chi connectivity index (χ3n) is 4.33. The van der Waals surface area contributed by atoms with Crippen LogP contribution in [0.4, 0.5) is 5.69 Å². The molecule has 2 aromatic carbocycles. The van der Waals surface area contributed by atoms with Gasteiger partial charge in [0.1, 0.15) is 6.54 Å². The summed E-state index contributed by atoms with van der Waals surface area (Å²) in [6.45, 7) is -0.189. The number of thioether (sulfide) groups is 1. The summed E-state index contributed by atoms with van der Waals surface area (Å²) in [5, 5.41) is 2.22. The van der Waals surface area contributed by atoms with Gasteiger partial charge in [-0.05, 0) is 30.2 Å². The Kier molecular flexibility index (Phi) is 5.81. The number of methoxy groups -OCH3 is 1. The van der Waals surface area contributed by atoms with Gasteiger partial charge in [-0.3, -0.25) is 19.3 Å². The molecule has 1 unspecified atom stereocenters. The average Bonchev–Trinajstić information content (AvgIpc) is 2.70. The van der Waals surface area contributed by atoms with E-state index in [0.717, 1.165) is 10.5 Å². The maximum Gasteiger partial charge on any atom is 0.325 e. The van der Waals surface area contributed by atoms with Crippen LogP contribution in [0.25, 0.3) is 0 Å². The summed E-state index contributed by atoms with van der Waals surface area (Å²) in [6, 6.07) is 14.9. The van der Waals surface area contributed by atoms with Gasteiger partial charge in [-0.15, -0.1) is 11.8 Å². The van der Waals surface area contributed by atoms with E-state index in [0.29, 0.717) is 17.7 Å². The number of carbonyl (C=O) groups is 3. The normalized spacial score (nSPS) is 15.9. The van der Waals surface area contributed by atoms with Crippen molar-refractivity contribution in [1.82, 2.24) is 5.32 Å². The molecule has 1 aliphatic heterocycles. The second-order valence-corrected chi connectivity index (χ2v) is 7.30. The zero-order chi connectivity index (χ0) is 19.4. The van der Waals surface area contributed by atoms with Crippen molar-refractivity contribution in [2.24, 2.45) is 0 Å². The number of nitrogens with zero attached hydrogens (tertiary/aromatic N) is 1. The number of anilines is 1. The minimum absolute atomic E-state index is 0.171. The molecule has 0 aromatic heterocycles. The highest BCUT2D eigenvalue weighted by Crippen LogP contribution is 2.40. The molecule has 0 radical (unpaired) electrons. The predicted molar refractivity (Wildman–Crippen MR) is 104 cm³/mol. The SMILES string of the molecule is CNC(=O)c1ccc2c(c1)N(CC(=O)OC)C(=O)C(Cc1ccccc1)S2. The standard InChI is InChI=1S/C20H20N2O4S/c1-21-19(24)14-8-9-16-15(11-14)22(12-18(23)26-2)20(25)17(27-16)10-13-6-4-3-5-7-13/h3-9,11,17H,10,12H2,1-2H3,(H,21,24). The van der Waals surface area contributed by atoms with Crippen molar-refractivity contribution < 1.29 is 19.1 Å². The van der Waals surface area contributed by atoms with Gasteiger partial charge < -0.3 is 10.1 Å². The van der Waals surface area contributed by atoms with Crippen molar-refractivity contribution in [2.45, 2.75) is 16.6 Å². The summed E-state index contributed by atoms with van der Waals surface area (Å²) < 4.78 is 4.75. The van der Waals surface area contributed by atoms with Gasteiger partial charge in [0.2, 0.25) is 5.91 Å². The Morgan fingerprint density at radius 2 is 1.93 bits per heavy atom. The van der Waals surface area contributed by atoms with Crippen LogP contribution in [0.2, 0.25) is 0 Å². The van der Waals surface area contributed by atoms with E-state index in [9.17, 15) is 14.4 Å². The number of benzene rings is 2. The maximum atomic E-state index is 13.1. The zero-order valence-corrected chi connectivity index (χ0v) is 15.9.